The molecular weight excluding hydrogens is 287 g/mol. The van der Waals surface area contributed by atoms with Crippen LogP contribution in [0, 0.1) is 27.9 Å². The summed E-state index contributed by atoms with van der Waals surface area (Å²) in [5, 5.41) is 8.92. The number of hydrogen-bond donors (Lipinski definition) is 0. The lowest BCUT2D eigenvalue weighted by molar-refractivity contribution is -0.118. The van der Waals surface area contributed by atoms with Crippen LogP contribution in [0.4, 0.5) is 13.2 Å². The number of hydrogen-bond acceptors (Lipinski definition) is 3. The van der Waals surface area contributed by atoms with Gasteiger partial charge < -0.3 is 0 Å². The largest absolute Gasteiger partial charge is 0.426 e. The van der Waals surface area contributed by atoms with Crippen molar-refractivity contribution in [3.8, 4) is 5.40 Å². The highest BCUT2D eigenvalue weighted by Gasteiger charge is 2.60. The first-order valence-corrected chi connectivity index (χ1v) is 6.46. The fraction of sp³-hybridized carbons (Fsp3) is 0.636. The molecule has 0 heterocycles. The molecule has 100 valence electrons. The standard InChI is InChI=1S/C11H11ClF3NOS/c1-10(2)6(3-8(12)11(13,14)15)9(10)7(17)4-18-5-16/h3,6,9H,4H2,1-2H3/b8-3-/t6-,9-/m0/s1. The number of thiocyanates is 1. The Bertz CT molecular complexity index is 425. The van der Waals surface area contributed by atoms with E-state index in [4.69, 9.17) is 16.9 Å². The lowest BCUT2D eigenvalue weighted by atomic mass is 10.1. The predicted molar refractivity (Wildman–Crippen MR) is 63.8 cm³/mol. The van der Waals surface area contributed by atoms with Gasteiger partial charge in [0, 0.05) is 5.92 Å². The Morgan fingerprint density at radius 3 is 2.56 bits per heavy atom. The van der Waals surface area contributed by atoms with Crippen LogP contribution in [0.3, 0.4) is 0 Å². The van der Waals surface area contributed by atoms with Crippen molar-refractivity contribution in [2.75, 3.05) is 5.75 Å². The molecule has 0 aromatic rings. The van der Waals surface area contributed by atoms with Crippen molar-refractivity contribution in [3.05, 3.63) is 11.1 Å². The first-order chi connectivity index (χ1) is 8.12. The van der Waals surface area contributed by atoms with Gasteiger partial charge in [0.1, 0.15) is 16.2 Å². The van der Waals surface area contributed by atoms with E-state index in [0.717, 1.165) is 17.8 Å². The van der Waals surface area contributed by atoms with Gasteiger partial charge in [0.15, 0.2) is 0 Å². The Morgan fingerprint density at radius 1 is 1.56 bits per heavy atom. The fourth-order valence-electron chi connectivity index (χ4n) is 2.05. The lowest BCUT2D eigenvalue weighted by Gasteiger charge is -2.04. The summed E-state index contributed by atoms with van der Waals surface area (Å²) in [6.07, 6.45) is -3.67. The summed E-state index contributed by atoms with van der Waals surface area (Å²) in [7, 11) is 0. The van der Waals surface area contributed by atoms with Crippen molar-refractivity contribution in [1.29, 1.82) is 5.26 Å². The van der Waals surface area contributed by atoms with E-state index in [2.05, 4.69) is 0 Å². The summed E-state index contributed by atoms with van der Waals surface area (Å²) in [6, 6.07) is 0. The maximum atomic E-state index is 12.3. The molecule has 0 saturated heterocycles. The quantitative estimate of drug-likeness (QED) is 0.742. The Labute approximate surface area is 112 Å². The third-order valence-corrected chi connectivity index (χ3v) is 4.03. The lowest BCUT2D eigenvalue weighted by Crippen LogP contribution is -2.09. The smallest absolute Gasteiger partial charge is 0.298 e. The molecular formula is C11H11ClF3NOS. The summed E-state index contributed by atoms with van der Waals surface area (Å²) >= 11 is 5.95. The molecule has 1 rings (SSSR count). The minimum atomic E-state index is -4.57. The van der Waals surface area contributed by atoms with Gasteiger partial charge in [-0.15, -0.1) is 0 Å². The molecule has 18 heavy (non-hydrogen) atoms. The number of rotatable bonds is 4. The van der Waals surface area contributed by atoms with E-state index in [1.807, 2.05) is 0 Å². The zero-order chi connectivity index (χ0) is 14.1. The van der Waals surface area contributed by atoms with Gasteiger partial charge in [-0.3, -0.25) is 4.79 Å². The fourth-order valence-corrected chi connectivity index (χ4v) is 2.57. The van der Waals surface area contributed by atoms with Gasteiger partial charge in [-0.1, -0.05) is 31.5 Å². The molecule has 0 unspecified atom stereocenters. The molecule has 1 fully saturated rings. The normalized spacial score (nSPS) is 26.6. The highest BCUT2D eigenvalue weighted by molar-refractivity contribution is 8.04. The summed E-state index contributed by atoms with van der Waals surface area (Å²) in [6.45, 7) is 3.43. The van der Waals surface area contributed by atoms with E-state index in [-0.39, 0.29) is 11.5 Å². The molecule has 0 aromatic carbocycles. The Balaban J connectivity index is 2.76. The average molecular weight is 298 g/mol. The van der Waals surface area contributed by atoms with Gasteiger partial charge >= 0.3 is 6.18 Å². The number of carbonyl (C=O) groups excluding carboxylic acids is 1. The van der Waals surface area contributed by atoms with Crippen LogP contribution in [0.5, 0.6) is 0 Å². The van der Waals surface area contributed by atoms with Gasteiger partial charge in [0.05, 0.1) is 5.75 Å². The summed E-state index contributed by atoms with van der Waals surface area (Å²) in [5.74, 6) is -1.22. The maximum Gasteiger partial charge on any atom is 0.426 e. The second kappa shape index (κ2) is 5.14. The number of nitriles is 1. The number of ketones is 1. The van der Waals surface area contributed by atoms with E-state index >= 15 is 0 Å². The number of carbonyl (C=O) groups is 1. The topological polar surface area (TPSA) is 40.9 Å². The molecule has 7 heteroatoms. The van der Waals surface area contributed by atoms with E-state index in [0.29, 0.717) is 0 Å². The molecule has 0 aliphatic heterocycles. The number of thioether (sulfide) groups is 1. The second-order valence-corrected chi connectivity index (χ2v) is 5.85. The summed E-state index contributed by atoms with van der Waals surface area (Å²) < 4.78 is 36.9. The van der Waals surface area contributed by atoms with Crippen molar-refractivity contribution >= 4 is 29.1 Å². The van der Waals surface area contributed by atoms with Gasteiger partial charge in [0.2, 0.25) is 0 Å². The molecule has 1 aliphatic carbocycles. The molecule has 0 aromatic heterocycles. The van der Waals surface area contributed by atoms with Crippen LogP contribution in [-0.2, 0) is 4.79 Å². The van der Waals surface area contributed by atoms with Crippen molar-refractivity contribution < 1.29 is 18.0 Å². The second-order valence-electron chi connectivity index (χ2n) is 4.68. The van der Waals surface area contributed by atoms with E-state index in [1.54, 1.807) is 19.2 Å². The molecule has 0 amide bonds. The van der Waals surface area contributed by atoms with Gasteiger partial charge in [-0.2, -0.15) is 18.4 Å². The first-order valence-electron chi connectivity index (χ1n) is 5.10. The van der Waals surface area contributed by atoms with Crippen molar-refractivity contribution in [3.63, 3.8) is 0 Å². The average Bonchev–Trinajstić information content (AvgIpc) is 2.75. The van der Waals surface area contributed by atoms with Crippen LogP contribution in [0.2, 0.25) is 0 Å². The molecule has 1 aliphatic rings. The number of nitrogens with zero attached hydrogens (tertiary/aromatic N) is 1. The third kappa shape index (κ3) is 3.21. The van der Waals surface area contributed by atoms with Crippen LogP contribution < -0.4 is 0 Å². The Morgan fingerprint density at radius 2 is 2.11 bits per heavy atom. The molecule has 0 spiro atoms. The van der Waals surface area contributed by atoms with Crippen LogP contribution in [0.25, 0.3) is 0 Å². The molecule has 0 bridgehead atoms. The number of alkyl halides is 3. The molecule has 0 N–H and O–H groups in total. The van der Waals surface area contributed by atoms with Crippen LogP contribution in [-0.4, -0.2) is 17.7 Å². The van der Waals surface area contributed by atoms with Crippen LogP contribution >= 0.6 is 23.4 Å². The molecule has 0 radical (unpaired) electrons. The predicted octanol–water partition coefficient (Wildman–Crippen LogP) is 3.73. The zero-order valence-electron chi connectivity index (χ0n) is 9.71. The van der Waals surface area contributed by atoms with Crippen molar-refractivity contribution in [1.82, 2.24) is 0 Å². The zero-order valence-corrected chi connectivity index (χ0v) is 11.3. The van der Waals surface area contributed by atoms with E-state index < -0.39 is 28.5 Å². The summed E-state index contributed by atoms with van der Waals surface area (Å²) in [5.41, 5.74) is -0.529. The third-order valence-electron chi connectivity index (χ3n) is 3.13. The minimum Gasteiger partial charge on any atom is -0.298 e. The maximum absolute atomic E-state index is 12.3. The number of Topliss-reactive ketones (excluding diaryl/α,β-unsaturated/α-hetero) is 1. The highest BCUT2D eigenvalue weighted by atomic mass is 35.5. The van der Waals surface area contributed by atoms with Gasteiger partial charge in [-0.05, 0) is 23.1 Å². The minimum absolute atomic E-state index is 0.00142. The number of halogens is 4. The SMILES string of the molecule is CC1(C)[C@H](C(=O)CSC#N)[C@@H]1/C=C(\Cl)C(F)(F)F. The Kier molecular flexibility index (Phi) is 4.39. The van der Waals surface area contributed by atoms with Gasteiger partial charge in [0.25, 0.3) is 0 Å². The first kappa shape index (κ1) is 15.4. The van der Waals surface area contributed by atoms with E-state index in [1.165, 1.54) is 0 Å². The highest BCUT2D eigenvalue weighted by Crippen LogP contribution is 2.60. The van der Waals surface area contributed by atoms with Gasteiger partial charge in [-0.25, -0.2) is 0 Å². The molecule has 2 nitrogen and oxygen atoms in total. The molecule has 2 atom stereocenters. The Hall–Kier alpha value is -0.670. The van der Waals surface area contributed by atoms with Crippen molar-refractivity contribution in [2.24, 2.45) is 17.3 Å². The van der Waals surface area contributed by atoms with Crippen molar-refractivity contribution in [2.45, 2.75) is 20.0 Å². The molecule has 1 saturated carbocycles. The van der Waals surface area contributed by atoms with Crippen LogP contribution in [0.1, 0.15) is 13.8 Å². The number of allylic oxidation sites excluding steroid dienone is 2. The monoisotopic (exact) mass is 297 g/mol. The van der Waals surface area contributed by atoms with Crippen LogP contribution in [0.15, 0.2) is 11.1 Å². The summed E-state index contributed by atoms with van der Waals surface area (Å²) in [4.78, 5) is 11.7. The van der Waals surface area contributed by atoms with E-state index in [9.17, 15) is 18.0 Å².